The summed E-state index contributed by atoms with van der Waals surface area (Å²) >= 11 is 4.58. The monoisotopic (exact) mass is 294 g/mol. The number of halogens is 1. The van der Waals surface area contributed by atoms with E-state index in [1.54, 1.807) is 23.6 Å². The number of hydrogen-bond donors (Lipinski definition) is 0. The fourth-order valence-electron chi connectivity index (χ4n) is 1.12. The minimum atomic E-state index is -0.0412. The maximum absolute atomic E-state index is 11.7. The second-order valence-corrected chi connectivity index (χ2v) is 4.56. The van der Waals surface area contributed by atoms with E-state index in [0.717, 1.165) is 4.47 Å². The first-order valence-corrected chi connectivity index (χ1v) is 6.14. The fraction of sp³-hybridized carbons (Fsp3) is 0. The highest BCUT2D eigenvalue weighted by Crippen LogP contribution is 2.11. The van der Waals surface area contributed by atoms with Crippen LogP contribution in [-0.4, -0.2) is 15.4 Å². The minimum Gasteiger partial charge on any atom is -0.289 e. The van der Waals surface area contributed by atoms with E-state index in [0.29, 0.717) is 11.3 Å². The summed E-state index contributed by atoms with van der Waals surface area (Å²) in [6, 6.07) is 7.23. The van der Waals surface area contributed by atoms with E-state index in [4.69, 9.17) is 0 Å². The lowest BCUT2D eigenvalue weighted by Crippen LogP contribution is -1.93. The minimum absolute atomic E-state index is 0.0412. The second kappa shape index (κ2) is 5.14. The highest BCUT2D eigenvalue weighted by molar-refractivity contribution is 9.10. The van der Waals surface area contributed by atoms with Gasteiger partial charge in [0.25, 0.3) is 0 Å². The van der Waals surface area contributed by atoms with Gasteiger partial charge in [0, 0.05) is 15.4 Å². The summed E-state index contributed by atoms with van der Waals surface area (Å²) in [5, 5.41) is 5.60. The largest absolute Gasteiger partial charge is 0.289 e. The van der Waals surface area contributed by atoms with Crippen LogP contribution in [-0.2, 0) is 0 Å². The molecule has 1 aromatic carbocycles. The van der Waals surface area contributed by atoms with Crippen molar-refractivity contribution < 1.29 is 4.79 Å². The number of rotatable bonds is 3. The summed E-state index contributed by atoms with van der Waals surface area (Å²) in [4.78, 5) is 11.7. The molecule has 0 saturated heterocycles. The van der Waals surface area contributed by atoms with Crippen molar-refractivity contribution in [2.24, 2.45) is 0 Å². The van der Waals surface area contributed by atoms with Crippen molar-refractivity contribution in [3.8, 4) is 0 Å². The van der Waals surface area contributed by atoms with Crippen LogP contribution >= 0.6 is 27.5 Å². The highest BCUT2D eigenvalue weighted by Gasteiger charge is 2.01. The smallest absolute Gasteiger partial charge is 0.185 e. The first-order valence-electron chi connectivity index (χ1n) is 4.51. The Labute approximate surface area is 105 Å². The van der Waals surface area contributed by atoms with Gasteiger partial charge < -0.3 is 0 Å². The molecular formula is C11H7BrN2OS. The van der Waals surface area contributed by atoms with Crippen LogP contribution in [0, 0.1) is 0 Å². The van der Waals surface area contributed by atoms with Crippen molar-refractivity contribution in [3.05, 3.63) is 51.5 Å². The fourth-order valence-corrected chi connectivity index (χ4v) is 1.80. The highest BCUT2D eigenvalue weighted by atomic mass is 79.9. The van der Waals surface area contributed by atoms with E-state index in [2.05, 4.69) is 25.5 Å². The number of hydrogen-bond acceptors (Lipinski definition) is 4. The van der Waals surface area contributed by atoms with Gasteiger partial charge >= 0.3 is 0 Å². The predicted octanol–water partition coefficient (Wildman–Crippen LogP) is 3.20. The molecule has 5 heteroatoms. The maximum Gasteiger partial charge on any atom is 0.185 e. The molecule has 0 fully saturated rings. The molecule has 0 amide bonds. The van der Waals surface area contributed by atoms with Crippen LogP contribution in [0.1, 0.15) is 16.1 Å². The van der Waals surface area contributed by atoms with Gasteiger partial charge in [-0.15, -0.1) is 5.10 Å². The maximum atomic E-state index is 11.7. The first-order chi connectivity index (χ1) is 7.75. The van der Waals surface area contributed by atoms with Gasteiger partial charge in [0.05, 0.1) is 5.69 Å². The zero-order valence-electron chi connectivity index (χ0n) is 8.13. The molecule has 0 aliphatic heterocycles. The van der Waals surface area contributed by atoms with Crippen LogP contribution in [0.25, 0.3) is 6.08 Å². The van der Waals surface area contributed by atoms with Gasteiger partial charge in [-0.05, 0) is 47.9 Å². The molecule has 0 N–H and O–H groups in total. The molecule has 0 aliphatic carbocycles. The molecule has 16 heavy (non-hydrogen) atoms. The van der Waals surface area contributed by atoms with Gasteiger partial charge in [-0.1, -0.05) is 20.4 Å². The molecule has 0 unspecified atom stereocenters. The normalized spacial score (nSPS) is 10.8. The summed E-state index contributed by atoms with van der Waals surface area (Å²) in [7, 11) is 0. The summed E-state index contributed by atoms with van der Waals surface area (Å²) in [6.45, 7) is 0. The van der Waals surface area contributed by atoms with Crippen LogP contribution in [0.2, 0.25) is 0 Å². The topological polar surface area (TPSA) is 42.9 Å². The Hall–Kier alpha value is -1.33. The van der Waals surface area contributed by atoms with E-state index >= 15 is 0 Å². The third-order valence-corrected chi connectivity index (χ3v) is 2.96. The van der Waals surface area contributed by atoms with Crippen LogP contribution in [0.4, 0.5) is 0 Å². The molecule has 1 heterocycles. The molecule has 3 nitrogen and oxygen atoms in total. The van der Waals surface area contributed by atoms with E-state index in [1.807, 2.05) is 12.1 Å². The van der Waals surface area contributed by atoms with Crippen molar-refractivity contribution in [1.82, 2.24) is 9.59 Å². The van der Waals surface area contributed by atoms with Crippen molar-refractivity contribution in [1.29, 1.82) is 0 Å². The molecule has 0 saturated carbocycles. The van der Waals surface area contributed by atoms with Crippen LogP contribution in [0.5, 0.6) is 0 Å². The average Bonchev–Trinajstić information content (AvgIpc) is 2.80. The Morgan fingerprint density at radius 1 is 1.31 bits per heavy atom. The predicted molar refractivity (Wildman–Crippen MR) is 67.4 cm³/mol. The zero-order chi connectivity index (χ0) is 11.4. The van der Waals surface area contributed by atoms with Crippen molar-refractivity contribution in [3.63, 3.8) is 0 Å². The number of benzene rings is 1. The van der Waals surface area contributed by atoms with Gasteiger partial charge in [0.15, 0.2) is 5.78 Å². The van der Waals surface area contributed by atoms with Crippen LogP contribution in [0.15, 0.2) is 40.2 Å². The molecule has 2 rings (SSSR count). The van der Waals surface area contributed by atoms with Gasteiger partial charge in [0.2, 0.25) is 0 Å². The van der Waals surface area contributed by atoms with Gasteiger partial charge in [0.1, 0.15) is 0 Å². The first kappa shape index (κ1) is 11.2. The van der Waals surface area contributed by atoms with Gasteiger partial charge in [-0.3, -0.25) is 4.79 Å². The average molecular weight is 295 g/mol. The number of allylic oxidation sites excluding steroid dienone is 1. The number of carbonyl (C=O) groups is 1. The Balaban J connectivity index is 2.11. The number of aromatic nitrogens is 2. The molecular weight excluding hydrogens is 288 g/mol. The van der Waals surface area contributed by atoms with E-state index in [9.17, 15) is 4.79 Å². The molecule has 0 atom stereocenters. The number of ketones is 1. The standard InChI is InChI=1S/C11H7BrN2OS/c12-9-3-1-8(2-4-9)11(15)6-5-10-7-16-14-13-10/h1-7H/b6-5+. The SMILES string of the molecule is O=C(/C=C/c1csnn1)c1ccc(Br)cc1. The third-order valence-electron chi connectivity index (χ3n) is 1.91. The van der Waals surface area contributed by atoms with Crippen molar-refractivity contribution in [2.75, 3.05) is 0 Å². The summed E-state index contributed by atoms with van der Waals surface area (Å²) in [5.41, 5.74) is 1.36. The van der Waals surface area contributed by atoms with Crippen LogP contribution in [0.3, 0.4) is 0 Å². The molecule has 1 aromatic heterocycles. The lowest BCUT2D eigenvalue weighted by molar-refractivity contribution is 0.104. The quantitative estimate of drug-likeness (QED) is 0.645. The Morgan fingerprint density at radius 2 is 2.06 bits per heavy atom. The third kappa shape index (κ3) is 2.84. The number of carbonyl (C=O) groups excluding carboxylic acids is 1. The van der Waals surface area contributed by atoms with Crippen molar-refractivity contribution >= 4 is 39.3 Å². The van der Waals surface area contributed by atoms with Crippen molar-refractivity contribution in [2.45, 2.75) is 0 Å². The second-order valence-electron chi connectivity index (χ2n) is 3.03. The summed E-state index contributed by atoms with van der Waals surface area (Å²) < 4.78 is 4.66. The summed E-state index contributed by atoms with van der Waals surface area (Å²) in [6.07, 6.45) is 3.16. The van der Waals surface area contributed by atoms with Gasteiger partial charge in [-0.25, -0.2) is 0 Å². The molecule has 0 spiro atoms. The molecule has 2 aromatic rings. The van der Waals surface area contributed by atoms with E-state index in [1.165, 1.54) is 17.6 Å². The van der Waals surface area contributed by atoms with Gasteiger partial charge in [-0.2, -0.15) is 0 Å². The zero-order valence-corrected chi connectivity index (χ0v) is 10.5. The lowest BCUT2D eigenvalue weighted by atomic mass is 10.1. The molecule has 0 radical (unpaired) electrons. The van der Waals surface area contributed by atoms with Crippen LogP contribution < -0.4 is 0 Å². The Morgan fingerprint density at radius 3 is 2.69 bits per heavy atom. The Kier molecular flexibility index (Phi) is 3.58. The lowest BCUT2D eigenvalue weighted by Gasteiger charge is -1.94. The Bertz CT molecular complexity index is 505. The molecule has 0 bridgehead atoms. The number of nitrogens with zero attached hydrogens (tertiary/aromatic N) is 2. The molecule has 80 valence electrons. The van der Waals surface area contributed by atoms with E-state index < -0.39 is 0 Å². The summed E-state index contributed by atoms with van der Waals surface area (Å²) in [5.74, 6) is -0.0412. The molecule has 0 aliphatic rings. The van der Waals surface area contributed by atoms with E-state index in [-0.39, 0.29) is 5.78 Å².